The first-order chi connectivity index (χ1) is 25.9. The van der Waals surface area contributed by atoms with Crippen molar-refractivity contribution in [3.63, 3.8) is 0 Å². The molecule has 2 aliphatic rings. The van der Waals surface area contributed by atoms with Gasteiger partial charge in [0.25, 0.3) is 0 Å². The Hall–Kier alpha value is -5.03. The van der Waals surface area contributed by atoms with Crippen LogP contribution < -0.4 is 9.18 Å². The topological polar surface area (TPSA) is 17.8 Å². The standard InChI is InChI=1S/C51H55N4/c1-48(2,3)34-17-16-18-39(28-34)54-33-55(54,46-22-15-14-21-45(46)54)40-29-37(50(7,8)9)27-38(30-40)51(10,11)36-23-24-42-41-19-12-13-20-43(41)53(44(42)31-36)47-32-35(25-26-52-47)49(4,5)6/h12-33H,1-11H3/q+1/t54-,55?/m0/s1. The molecule has 2 aliphatic heterocycles. The van der Waals surface area contributed by atoms with E-state index in [0.717, 1.165) is 5.82 Å². The first-order valence-electron chi connectivity index (χ1n) is 19.9. The van der Waals surface area contributed by atoms with Gasteiger partial charge in [-0.15, -0.1) is 0 Å². The van der Waals surface area contributed by atoms with E-state index < -0.39 is 0 Å². The number of quaternary nitrogens is 2. The second-order valence-electron chi connectivity index (χ2n) is 19.7. The highest BCUT2D eigenvalue weighted by Crippen LogP contribution is 2.75. The van der Waals surface area contributed by atoms with Crippen molar-refractivity contribution in [2.45, 2.75) is 97.8 Å². The van der Waals surface area contributed by atoms with Crippen molar-refractivity contribution in [1.29, 1.82) is 0 Å². The molecule has 0 spiro atoms. The Kier molecular flexibility index (Phi) is 7.46. The minimum absolute atomic E-state index is 0.0169. The molecule has 4 nitrogen and oxygen atoms in total. The third-order valence-corrected chi connectivity index (χ3v) is 12.6. The van der Waals surface area contributed by atoms with E-state index in [9.17, 15) is 0 Å². The summed E-state index contributed by atoms with van der Waals surface area (Å²) in [6.07, 6.45) is 1.97. The lowest BCUT2D eigenvalue weighted by Gasteiger charge is -2.41. The quantitative estimate of drug-likeness (QED) is 0.0982. The van der Waals surface area contributed by atoms with Crippen LogP contribution in [0.3, 0.4) is 0 Å². The highest BCUT2D eigenvalue weighted by Gasteiger charge is 2.78. The molecule has 278 valence electrons. The van der Waals surface area contributed by atoms with Crippen LogP contribution in [-0.4, -0.2) is 9.55 Å². The van der Waals surface area contributed by atoms with Crippen LogP contribution in [0.15, 0.2) is 128 Å². The lowest BCUT2D eigenvalue weighted by Crippen LogP contribution is -2.46. The highest BCUT2D eigenvalue weighted by atomic mass is 16.1. The van der Waals surface area contributed by atoms with E-state index in [0.29, 0.717) is 9.18 Å². The summed E-state index contributed by atoms with van der Waals surface area (Å²) in [4.78, 5) is 4.97. The smallest absolute Gasteiger partial charge is 0.225 e. The van der Waals surface area contributed by atoms with Gasteiger partial charge in [-0.25, -0.2) is 4.98 Å². The van der Waals surface area contributed by atoms with Gasteiger partial charge < -0.3 is 0 Å². The number of fused-ring (bicyclic) bond motifs is 7. The third kappa shape index (κ3) is 5.14. The maximum absolute atomic E-state index is 4.97. The van der Waals surface area contributed by atoms with Crippen molar-refractivity contribution in [2.75, 3.05) is 0 Å². The molecule has 1 unspecified atom stereocenters. The molecule has 0 saturated carbocycles. The first kappa shape index (κ1) is 35.7. The van der Waals surface area contributed by atoms with Gasteiger partial charge in [-0.1, -0.05) is 137 Å². The van der Waals surface area contributed by atoms with Crippen molar-refractivity contribution >= 4 is 44.6 Å². The van der Waals surface area contributed by atoms with Crippen LogP contribution in [-0.2, 0) is 21.7 Å². The van der Waals surface area contributed by atoms with Gasteiger partial charge in [-0.3, -0.25) is 4.57 Å². The van der Waals surface area contributed by atoms with Gasteiger partial charge in [0.1, 0.15) is 5.82 Å². The molecule has 0 aliphatic carbocycles. The van der Waals surface area contributed by atoms with Crippen LogP contribution in [0.4, 0.5) is 22.7 Å². The molecule has 5 aromatic carbocycles. The van der Waals surface area contributed by atoms with Gasteiger partial charge in [0.2, 0.25) is 11.4 Å². The second kappa shape index (κ2) is 11.5. The Morgan fingerprint density at radius 2 is 1.04 bits per heavy atom. The predicted octanol–water partition coefficient (Wildman–Crippen LogP) is 13.7. The number of rotatable bonds is 5. The normalized spacial score (nSPS) is 19.6. The van der Waals surface area contributed by atoms with E-state index >= 15 is 0 Å². The largest absolute Gasteiger partial charge is 0.294 e. The second-order valence-corrected chi connectivity index (χ2v) is 19.7. The van der Waals surface area contributed by atoms with E-state index in [1.165, 1.54) is 72.4 Å². The molecule has 0 bridgehead atoms. The Labute approximate surface area is 327 Å². The fraction of sp³-hybridized carbons (Fsp3) is 0.294. The summed E-state index contributed by atoms with van der Waals surface area (Å²) in [5.41, 5.74) is 14.0. The minimum atomic E-state index is -0.299. The Morgan fingerprint density at radius 3 is 1.73 bits per heavy atom. The van der Waals surface area contributed by atoms with Gasteiger partial charge in [0, 0.05) is 58.8 Å². The van der Waals surface area contributed by atoms with Crippen molar-refractivity contribution < 1.29 is 0 Å². The summed E-state index contributed by atoms with van der Waals surface area (Å²) < 4.78 is 3.77. The van der Waals surface area contributed by atoms with Crippen LogP contribution in [0.5, 0.6) is 0 Å². The number of aromatic nitrogens is 2. The number of hydrogen-bond donors (Lipinski definition) is 0. The SMILES string of the molecule is CC(C)(C)c1cc(C(C)(C)c2ccc3c4ccccc4n(-c4cc(C(C)(C)C)ccn4)c3c2)cc([N+]23[CH-][N@+]2(c2cccc(C(C)(C)C)c2)c2ccccc23)c1. The summed E-state index contributed by atoms with van der Waals surface area (Å²) >= 11 is 0. The molecule has 4 heterocycles. The van der Waals surface area contributed by atoms with Crippen LogP contribution in [0.2, 0.25) is 0 Å². The number of para-hydroxylation sites is 3. The lowest BCUT2D eigenvalue weighted by atomic mass is 9.75. The van der Waals surface area contributed by atoms with Gasteiger partial charge in [0.05, 0.1) is 11.0 Å². The van der Waals surface area contributed by atoms with Crippen LogP contribution in [0.1, 0.15) is 104 Å². The molecule has 9 rings (SSSR count). The van der Waals surface area contributed by atoms with E-state index in [2.05, 4.69) is 209 Å². The number of nitrogens with zero attached hydrogens (tertiary/aromatic N) is 4. The highest BCUT2D eigenvalue weighted by molar-refractivity contribution is 6.09. The monoisotopic (exact) mass is 723 g/mol. The van der Waals surface area contributed by atoms with Crippen molar-refractivity contribution in [1.82, 2.24) is 18.7 Å². The van der Waals surface area contributed by atoms with Crippen LogP contribution >= 0.6 is 0 Å². The third-order valence-electron chi connectivity index (χ3n) is 12.6. The predicted molar refractivity (Wildman–Crippen MR) is 233 cm³/mol. The maximum Gasteiger partial charge on any atom is 0.225 e. The molecule has 55 heavy (non-hydrogen) atoms. The molecule has 1 fully saturated rings. The summed E-state index contributed by atoms with van der Waals surface area (Å²) in [5, 5.41) is 2.49. The van der Waals surface area contributed by atoms with Crippen molar-refractivity contribution in [2.24, 2.45) is 0 Å². The number of benzene rings is 5. The first-order valence-corrected chi connectivity index (χ1v) is 19.9. The lowest BCUT2D eigenvalue weighted by molar-refractivity contribution is 0.424. The van der Waals surface area contributed by atoms with Crippen LogP contribution in [0.25, 0.3) is 27.6 Å². The molecule has 0 amide bonds. The summed E-state index contributed by atoms with van der Waals surface area (Å²) in [6, 6.07) is 46.1. The minimum Gasteiger partial charge on any atom is -0.294 e. The summed E-state index contributed by atoms with van der Waals surface area (Å²) in [7, 11) is 0. The fourth-order valence-electron chi connectivity index (χ4n) is 9.02. The van der Waals surface area contributed by atoms with Gasteiger partial charge in [-0.2, -0.15) is 9.18 Å². The molecular formula is C51H55N4+. The molecule has 1 saturated heterocycles. The van der Waals surface area contributed by atoms with E-state index in [1.807, 2.05) is 6.20 Å². The molecule has 2 aromatic heterocycles. The molecule has 2 atom stereocenters. The van der Waals surface area contributed by atoms with E-state index in [1.54, 1.807) is 0 Å². The van der Waals surface area contributed by atoms with E-state index in [4.69, 9.17) is 4.98 Å². The molecule has 7 aromatic rings. The Balaban J connectivity index is 1.23. The Morgan fingerprint density at radius 1 is 0.455 bits per heavy atom. The zero-order chi connectivity index (χ0) is 38.9. The maximum atomic E-state index is 4.97. The fourth-order valence-corrected chi connectivity index (χ4v) is 9.02. The summed E-state index contributed by atoms with van der Waals surface area (Å²) in [6.45, 7) is 28.1. The van der Waals surface area contributed by atoms with E-state index in [-0.39, 0.29) is 21.7 Å². The van der Waals surface area contributed by atoms with Crippen molar-refractivity contribution in [3.8, 4) is 5.82 Å². The Bertz CT molecular complexity index is 2670. The number of pyridine rings is 1. The number of hydrogen-bond acceptors (Lipinski definition) is 1. The average molecular weight is 724 g/mol. The zero-order valence-electron chi connectivity index (χ0n) is 34.5. The molecule has 0 N–H and O–H groups in total. The summed E-state index contributed by atoms with van der Waals surface area (Å²) in [5.74, 6) is 0.958. The molecule has 4 heteroatoms. The van der Waals surface area contributed by atoms with Gasteiger partial charge in [0.15, 0.2) is 18.0 Å². The van der Waals surface area contributed by atoms with Gasteiger partial charge in [-0.05, 0) is 68.3 Å². The van der Waals surface area contributed by atoms with Crippen molar-refractivity contribution in [3.05, 3.63) is 162 Å². The zero-order valence-corrected chi connectivity index (χ0v) is 34.5. The average Bonchev–Trinajstić information content (AvgIpc) is 3.64. The van der Waals surface area contributed by atoms with Gasteiger partial charge >= 0.3 is 0 Å². The molecule has 0 radical (unpaired) electrons. The molecular weight excluding hydrogens is 669 g/mol. The van der Waals surface area contributed by atoms with Crippen LogP contribution in [0, 0.1) is 6.67 Å².